The van der Waals surface area contributed by atoms with Gasteiger partial charge in [0.15, 0.2) is 12.4 Å². The maximum atomic E-state index is 12.0. The lowest BCUT2D eigenvalue weighted by Gasteiger charge is -2.14. The van der Waals surface area contributed by atoms with Crippen LogP contribution in [0.15, 0.2) is 28.7 Å². The first kappa shape index (κ1) is 12.3. The van der Waals surface area contributed by atoms with E-state index >= 15 is 0 Å². The quantitative estimate of drug-likeness (QED) is 0.802. The zero-order chi connectivity index (χ0) is 12.5. The monoisotopic (exact) mass is 296 g/mol. The van der Waals surface area contributed by atoms with E-state index in [-0.39, 0.29) is 12.4 Å². The third-order valence-electron chi connectivity index (χ3n) is 3.09. The molecule has 1 aromatic rings. The van der Waals surface area contributed by atoms with Crippen LogP contribution >= 0.6 is 15.9 Å². The number of hydrogen-bond donors (Lipinski definition) is 0. The molecule has 4 heteroatoms. The molecule has 90 valence electrons. The number of ether oxygens (including phenoxy) is 1. The number of ketones is 1. The fourth-order valence-corrected chi connectivity index (χ4v) is 2.19. The van der Waals surface area contributed by atoms with Gasteiger partial charge in [-0.1, -0.05) is 28.1 Å². The Bertz CT molecular complexity index is 446. The fraction of sp³-hybridized carbons (Fsp3) is 0.385. The van der Waals surface area contributed by atoms with Crippen LogP contribution < -0.4 is 0 Å². The van der Waals surface area contributed by atoms with Crippen molar-refractivity contribution in [1.82, 2.24) is 0 Å². The van der Waals surface area contributed by atoms with E-state index in [9.17, 15) is 9.59 Å². The van der Waals surface area contributed by atoms with E-state index in [0.29, 0.717) is 0 Å². The van der Waals surface area contributed by atoms with E-state index in [0.717, 1.165) is 22.9 Å². The molecule has 0 aromatic heterocycles. The van der Waals surface area contributed by atoms with E-state index in [1.165, 1.54) is 6.92 Å². The van der Waals surface area contributed by atoms with Crippen molar-refractivity contribution in [2.75, 3.05) is 6.61 Å². The molecular formula is C13H13BrO3. The smallest absolute Gasteiger partial charge is 0.303 e. The molecule has 1 saturated carbocycles. The Kier molecular flexibility index (Phi) is 3.33. The molecular weight excluding hydrogens is 284 g/mol. The van der Waals surface area contributed by atoms with Crippen LogP contribution in [0.5, 0.6) is 0 Å². The second kappa shape index (κ2) is 4.61. The summed E-state index contributed by atoms with van der Waals surface area (Å²) in [5.41, 5.74) is 0.605. The summed E-state index contributed by atoms with van der Waals surface area (Å²) in [5.74, 6) is -0.417. The van der Waals surface area contributed by atoms with E-state index < -0.39 is 11.4 Å². The minimum absolute atomic E-state index is 0.00461. The zero-order valence-electron chi connectivity index (χ0n) is 9.53. The molecule has 1 aromatic carbocycles. The molecule has 17 heavy (non-hydrogen) atoms. The molecule has 0 heterocycles. The summed E-state index contributed by atoms with van der Waals surface area (Å²) in [6, 6.07) is 7.74. The summed E-state index contributed by atoms with van der Waals surface area (Å²) in [5, 5.41) is 0. The first-order valence-corrected chi connectivity index (χ1v) is 6.27. The highest BCUT2D eigenvalue weighted by Gasteiger charge is 2.50. The van der Waals surface area contributed by atoms with Crippen LogP contribution in [0.25, 0.3) is 0 Å². The minimum Gasteiger partial charge on any atom is -0.458 e. The maximum absolute atomic E-state index is 12.0. The largest absolute Gasteiger partial charge is 0.458 e. The summed E-state index contributed by atoms with van der Waals surface area (Å²) in [4.78, 5) is 22.7. The van der Waals surface area contributed by atoms with Crippen LogP contribution in [0.3, 0.4) is 0 Å². The Hall–Kier alpha value is -1.16. The average Bonchev–Trinajstić information content (AvgIpc) is 3.08. The lowest BCUT2D eigenvalue weighted by molar-refractivity contribution is -0.146. The van der Waals surface area contributed by atoms with Gasteiger partial charge in [0.05, 0.1) is 5.41 Å². The van der Waals surface area contributed by atoms with Gasteiger partial charge < -0.3 is 4.74 Å². The number of rotatable bonds is 4. The Morgan fingerprint density at radius 3 is 2.35 bits per heavy atom. The molecule has 0 unspecified atom stereocenters. The first-order valence-electron chi connectivity index (χ1n) is 5.47. The molecule has 1 aliphatic rings. The SMILES string of the molecule is CC(=O)OCC(=O)C1(c2ccc(Br)cc2)CC1. The lowest BCUT2D eigenvalue weighted by Crippen LogP contribution is -2.26. The Balaban J connectivity index is 2.11. The van der Waals surface area contributed by atoms with Crippen LogP contribution in [0, 0.1) is 0 Å². The van der Waals surface area contributed by atoms with Gasteiger partial charge in [-0.05, 0) is 30.5 Å². The maximum Gasteiger partial charge on any atom is 0.303 e. The van der Waals surface area contributed by atoms with Crippen LogP contribution in [0.2, 0.25) is 0 Å². The number of benzene rings is 1. The molecule has 0 aliphatic heterocycles. The molecule has 0 bridgehead atoms. The topological polar surface area (TPSA) is 43.4 Å². The normalized spacial score (nSPS) is 16.4. The van der Waals surface area contributed by atoms with Crippen molar-refractivity contribution >= 4 is 27.7 Å². The van der Waals surface area contributed by atoms with Gasteiger partial charge in [0, 0.05) is 11.4 Å². The number of halogens is 1. The van der Waals surface area contributed by atoms with Crippen molar-refractivity contribution in [3.63, 3.8) is 0 Å². The van der Waals surface area contributed by atoms with Crippen LogP contribution in [-0.2, 0) is 19.7 Å². The fourth-order valence-electron chi connectivity index (χ4n) is 1.93. The molecule has 1 fully saturated rings. The highest BCUT2D eigenvalue weighted by Crippen LogP contribution is 2.49. The van der Waals surface area contributed by atoms with Crippen LogP contribution in [0.1, 0.15) is 25.3 Å². The van der Waals surface area contributed by atoms with Gasteiger partial charge in [0.2, 0.25) is 0 Å². The number of hydrogen-bond acceptors (Lipinski definition) is 3. The second-order valence-corrected chi connectivity index (χ2v) is 5.21. The number of Topliss-reactive ketones (excluding diaryl/α,β-unsaturated/α-hetero) is 1. The van der Waals surface area contributed by atoms with Gasteiger partial charge in [-0.3, -0.25) is 9.59 Å². The van der Waals surface area contributed by atoms with E-state index in [2.05, 4.69) is 15.9 Å². The highest BCUT2D eigenvalue weighted by molar-refractivity contribution is 9.10. The molecule has 1 aliphatic carbocycles. The van der Waals surface area contributed by atoms with E-state index in [4.69, 9.17) is 4.74 Å². The predicted molar refractivity (Wildman–Crippen MR) is 66.7 cm³/mol. The Morgan fingerprint density at radius 1 is 1.29 bits per heavy atom. The summed E-state index contributed by atoms with van der Waals surface area (Å²) in [6.07, 6.45) is 1.68. The predicted octanol–water partition coefficient (Wildman–Crippen LogP) is 2.61. The van der Waals surface area contributed by atoms with Crippen molar-refractivity contribution in [1.29, 1.82) is 0 Å². The van der Waals surface area contributed by atoms with Crippen molar-refractivity contribution < 1.29 is 14.3 Å². The van der Waals surface area contributed by atoms with Gasteiger partial charge in [-0.2, -0.15) is 0 Å². The van der Waals surface area contributed by atoms with E-state index in [1.54, 1.807) is 0 Å². The number of esters is 1. The molecule has 0 radical (unpaired) electrons. The minimum atomic E-state index is -0.412. The average molecular weight is 297 g/mol. The third-order valence-corrected chi connectivity index (χ3v) is 3.62. The summed E-state index contributed by atoms with van der Waals surface area (Å²) in [7, 11) is 0. The van der Waals surface area contributed by atoms with Crippen molar-refractivity contribution in [3.05, 3.63) is 34.3 Å². The zero-order valence-corrected chi connectivity index (χ0v) is 11.1. The molecule has 0 amide bonds. The Labute approximate surface area is 108 Å². The molecule has 2 rings (SSSR count). The lowest BCUT2D eigenvalue weighted by atomic mass is 9.92. The van der Waals surface area contributed by atoms with E-state index in [1.807, 2.05) is 24.3 Å². The summed E-state index contributed by atoms with van der Waals surface area (Å²) < 4.78 is 5.77. The highest BCUT2D eigenvalue weighted by atomic mass is 79.9. The van der Waals surface area contributed by atoms with Crippen LogP contribution in [-0.4, -0.2) is 18.4 Å². The van der Waals surface area contributed by atoms with Gasteiger partial charge in [0.1, 0.15) is 0 Å². The Morgan fingerprint density at radius 2 is 1.88 bits per heavy atom. The summed E-state index contributed by atoms with van der Waals surface area (Å²) >= 11 is 3.37. The van der Waals surface area contributed by atoms with Gasteiger partial charge in [0.25, 0.3) is 0 Å². The van der Waals surface area contributed by atoms with Gasteiger partial charge in [-0.25, -0.2) is 0 Å². The number of carbonyl (C=O) groups is 2. The number of carbonyl (C=O) groups excluding carboxylic acids is 2. The first-order chi connectivity index (χ1) is 8.04. The van der Waals surface area contributed by atoms with Gasteiger partial charge in [-0.15, -0.1) is 0 Å². The molecule has 0 saturated heterocycles. The molecule has 0 spiro atoms. The van der Waals surface area contributed by atoms with Gasteiger partial charge >= 0.3 is 5.97 Å². The van der Waals surface area contributed by atoms with Crippen molar-refractivity contribution in [2.24, 2.45) is 0 Å². The molecule has 0 N–H and O–H groups in total. The van der Waals surface area contributed by atoms with Crippen LogP contribution in [0.4, 0.5) is 0 Å². The van der Waals surface area contributed by atoms with Crippen molar-refractivity contribution in [3.8, 4) is 0 Å². The summed E-state index contributed by atoms with van der Waals surface area (Å²) in [6.45, 7) is 1.19. The standard InChI is InChI=1S/C13H13BrO3/c1-9(15)17-8-12(16)13(6-7-13)10-2-4-11(14)5-3-10/h2-5H,6-8H2,1H3. The third kappa shape index (κ3) is 2.57. The molecule has 3 nitrogen and oxygen atoms in total. The van der Waals surface area contributed by atoms with Crippen molar-refractivity contribution in [2.45, 2.75) is 25.2 Å². The molecule has 0 atom stereocenters. The second-order valence-electron chi connectivity index (χ2n) is 4.29.